The molecule has 0 saturated carbocycles. The molecule has 0 saturated heterocycles. The maximum Gasteiger partial charge on any atom is 0.193 e. The second-order valence-electron chi connectivity index (χ2n) is 4.25. The number of ether oxygens (including phenoxy) is 1. The van der Waals surface area contributed by atoms with Gasteiger partial charge < -0.3 is 14.5 Å². The Balaban J connectivity index is 2.32. The maximum atomic E-state index is 5.85. The molecule has 1 atom stereocenters. The highest BCUT2D eigenvalue weighted by Gasteiger charge is 2.19. The highest BCUT2D eigenvalue weighted by atomic mass is 35.5. The molecule has 0 aliphatic rings. The summed E-state index contributed by atoms with van der Waals surface area (Å²) in [6, 6.07) is 11.5. The third kappa shape index (κ3) is 3.31. The molecular weight excluding hydrogens is 262 g/mol. The van der Waals surface area contributed by atoms with Gasteiger partial charge >= 0.3 is 0 Å². The van der Waals surface area contributed by atoms with Crippen LogP contribution in [-0.4, -0.2) is 13.7 Å². The van der Waals surface area contributed by atoms with E-state index in [0.29, 0.717) is 11.8 Å². The molecule has 0 amide bonds. The molecule has 2 rings (SSSR count). The Hall–Kier alpha value is -1.45. The molecule has 4 heteroatoms. The van der Waals surface area contributed by atoms with Gasteiger partial charge in [-0.3, -0.25) is 0 Å². The van der Waals surface area contributed by atoms with Crippen LogP contribution in [0.4, 0.5) is 0 Å². The minimum absolute atomic E-state index is 0.0689. The second-order valence-corrected chi connectivity index (χ2v) is 4.62. The Morgan fingerprint density at radius 3 is 2.68 bits per heavy atom. The number of benzene rings is 1. The topological polar surface area (TPSA) is 34.4 Å². The average molecular weight is 280 g/mol. The number of rotatable bonds is 6. The lowest BCUT2D eigenvalue weighted by Gasteiger charge is -2.18. The third-order valence-corrected chi connectivity index (χ3v) is 3.06. The Morgan fingerprint density at radius 2 is 2.05 bits per heavy atom. The van der Waals surface area contributed by atoms with Crippen molar-refractivity contribution < 1.29 is 9.15 Å². The number of hydrogen-bond donors (Lipinski definition) is 1. The summed E-state index contributed by atoms with van der Waals surface area (Å²) in [5, 5.41) is 3.62. The molecule has 0 radical (unpaired) electrons. The zero-order valence-electron chi connectivity index (χ0n) is 11.2. The van der Waals surface area contributed by atoms with Gasteiger partial charge in [0, 0.05) is 5.56 Å². The predicted octanol–water partition coefficient (Wildman–Crippen LogP) is 4.03. The SMILES string of the molecule is CCCOc1ccccc1C(NC)c1ccc(Cl)o1. The van der Waals surface area contributed by atoms with Crippen molar-refractivity contribution in [2.24, 2.45) is 0 Å². The predicted molar refractivity (Wildman–Crippen MR) is 76.8 cm³/mol. The number of halogens is 1. The molecular formula is C15H18ClNO2. The molecule has 2 aromatic rings. The molecule has 1 N–H and O–H groups in total. The summed E-state index contributed by atoms with van der Waals surface area (Å²) in [4.78, 5) is 0. The molecule has 0 bridgehead atoms. The minimum Gasteiger partial charge on any atom is -0.493 e. The number of nitrogens with one attached hydrogen (secondary N) is 1. The quantitative estimate of drug-likeness (QED) is 0.867. The maximum absolute atomic E-state index is 5.85. The smallest absolute Gasteiger partial charge is 0.193 e. The summed E-state index contributed by atoms with van der Waals surface area (Å²) in [5.74, 6) is 1.65. The fourth-order valence-corrected chi connectivity index (χ4v) is 2.15. The van der Waals surface area contributed by atoms with Gasteiger partial charge in [-0.15, -0.1) is 0 Å². The van der Waals surface area contributed by atoms with E-state index in [1.165, 1.54) is 0 Å². The molecule has 1 aromatic carbocycles. The van der Waals surface area contributed by atoms with Gasteiger partial charge in [0.05, 0.1) is 12.6 Å². The van der Waals surface area contributed by atoms with Crippen molar-refractivity contribution in [3.8, 4) is 5.75 Å². The number of furan rings is 1. The summed E-state index contributed by atoms with van der Waals surface area (Å²) >= 11 is 5.85. The first-order chi connectivity index (χ1) is 9.26. The van der Waals surface area contributed by atoms with E-state index in [1.54, 1.807) is 6.07 Å². The zero-order chi connectivity index (χ0) is 13.7. The molecule has 0 fully saturated rings. The highest BCUT2D eigenvalue weighted by Crippen LogP contribution is 2.31. The summed E-state index contributed by atoms with van der Waals surface area (Å²) in [7, 11) is 1.89. The van der Waals surface area contributed by atoms with Crippen LogP contribution >= 0.6 is 11.6 Å². The molecule has 102 valence electrons. The van der Waals surface area contributed by atoms with Crippen LogP contribution in [0.2, 0.25) is 5.22 Å². The van der Waals surface area contributed by atoms with Gasteiger partial charge in [0.25, 0.3) is 0 Å². The second kappa shape index (κ2) is 6.64. The van der Waals surface area contributed by atoms with Crippen LogP contribution in [0.5, 0.6) is 5.75 Å². The van der Waals surface area contributed by atoms with Crippen LogP contribution < -0.4 is 10.1 Å². The van der Waals surface area contributed by atoms with Crippen molar-refractivity contribution in [2.45, 2.75) is 19.4 Å². The Kier molecular flexibility index (Phi) is 4.88. The monoisotopic (exact) mass is 279 g/mol. The van der Waals surface area contributed by atoms with Crippen LogP contribution in [0.15, 0.2) is 40.8 Å². The summed E-state index contributed by atoms with van der Waals surface area (Å²) in [5.41, 5.74) is 1.05. The lowest BCUT2D eigenvalue weighted by atomic mass is 10.0. The lowest BCUT2D eigenvalue weighted by Crippen LogP contribution is -2.18. The molecule has 0 aliphatic carbocycles. The van der Waals surface area contributed by atoms with E-state index in [0.717, 1.165) is 23.5 Å². The van der Waals surface area contributed by atoms with Crippen LogP contribution in [0, 0.1) is 0 Å². The van der Waals surface area contributed by atoms with Gasteiger partial charge in [0.1, 0.15) is 11.5 Å². The molecule has 19 heavy (non-hydrogen) atoms. The van der Waals surface area contributed by atoms with Crippen LogP contribution in [0.25, 0.3) is 0 Å². The van der Waals surface area contributed by atoms with Crippen molar-refractivity contribution >= 4 is 11.6 Å². The summed E-state index contributed by atoms with van der Waals surface area (Å²) in [6.45, 7) is 2.79. The standard InChI is InChI=1S/C15H18ClNO2/c1-3-10-18-12-7-5-4-6-11(12)15(17-2)13-8-9-14(16)19-13/h4-9,15,17H,3,10H2,1-2H3. The molecule has 3 nitrogen and oxygen atoms in total. The van der Waals surface area contributed by atoms with E-state index in [2.05, 4.69) is 12.2 Å². The van der Waals surface area contributed by atoms with Crippen LogP contribution in [0.1, 0.15) is 30.7 Å². The highest BCUT2D eigenvalue weighted by molar-refractivity contribution is 6.28. The first-order valence-corrected chi connectivity index (χ1v) is 6.78. The molecule has 0 spiro atoms. The van der Waals surface area contributed by atoms with E-state index in [9.17, 15) is 0 Å². The normalized spacial score (nSPS) is 12.4. The van der Waals surface area contributed by atoms with Crippen molar-refractivity contribution in [1.29, 1.82) is 0 Å². The Bertz CT molecular complexity index is 524. The van der Waals surface area contributed by atoms with E-state index in [-0.39, 0.29) is 6.04 Å². The van der Waals surface area contributed by atoms with Crippen LogP contribution in [-0.2, 0) is 0 Å². The average Bonchev–Trinajstić information content (AvgIpc) is 2.85. The molecule has 0 aliphatic heterocycles. The number of para-hydroxylation sites is 1. The summed E-state index contributed by atoms with van der Waals surface area (Å²) in [6.07, 6.45) is 0.977. The van der Waals surface area contributed by atoms with Gasteiger partial charge in [0.2, 0.25) is 0 Å². The largest absolute Gasteiger partial charge is 0.493 e. The Morgan fingerprint density at radius 1 is 1.26 bits per heavy atom. The van der Waals surface area contributed by atoms with Gasteiger partial charge in [0.15, 0.2) is 5.22 Å². The number of hydrogen-bond acceptors (Lipinski definition) is 3. The minimum atomic E-state index is -0.0689. The fraction of sp³-hybridized carbons (Fsp3) is 0.333. The van der Waals surface area contributed by atoms with E-state index in [1.807, 2.05) is 37.4 Å². The zero-order valence-corrected chi connectivity index (χ0v) is 11.9. The first-order valence-electron chi connectivity index (χ1n) is 6.40. The fourth-order valence-electron chi connectivity index (χ4n) is 2.00. The first kappa shape index (κ1) is 14.0. The van der Waals surface area contributed by atoms with Gasteiger partial charge in [-0.05, 0) is 43.3 Å². The van der Waals surface area contributed by atoms with E-state index >= 15 is 0 Å². The molecule has 1 aromatic heterocycles. The molecule has 1 unspecified atom stereocenters. The third-order valence-electron chi connectivity index (χ3n) is 2.86. The van der Waals surface area contributed by atoms with Crippen molar-refractivity contribution in [2.75, 3.05) is 13.7 Å². The van der Waals surface area contributed by atoms with E-state index in [4.69, 9.17) is 20.8 Å². The lowest BCUT2D eigenvalue weighted by molar-refractivity contribution is 0.310. The van der Waals surface area contributed by atoms with E-state index < -0.39 is 0 Å². The van der Waals surface area contributed by atoms with Gasteiger partial charge in [-0.1, -0.05) is 25.1 Å². The van der Waals surface area contributed by atoms with Gasteiger partial charge in [-0.2, -0.15) is 0 Å². The van der Waals surface area contributed by atoms with Crippen molar-refractivity contribution in [3.63, 3.8) is 0 Å². The summed E-state index contributed by atoms with van der Waals surface area (Å²) < 4.78 is 11.3. The van der Waals surface area contributed by atoms with Crippen LogP contribution in [0.3, 0.4) is 0 Å². The Labute approximate surface area is 118 Å². The molecule has 1 heterocycles. The van der Waals surface area contributed by atoms with Gasteiger partial charge in [-0.25, -0.2) is 0 Å². The van der Waals surface area contributed by atoms with Crippen molar-refractivity contribution in [1.82, 2.24) is 5.32 Å². The van der Waals surface area contributed by atoms with Crippen molar-refractivity contribution in [3.05, 3.63) is 52.9 Å².